The van der Waals surface area contributed by atoms with E-state index >= 15 is 0 Å². The number of amides is 2. The van der Waals surface area contributed by atoms with Crippen LogP contribution in [-0.4, -0.2) is 23.3 Å². The molecule has 0 fully saturated rings. The van der Waals surface area contributed by atoms with Gasteiger partial charge in [-0.15, -0.1) is 11.3 Å². The minimum atomic E-state index is -0.300. The predicted octanol–water partition coefficient (Wildman–Crippen LogP) is 4.95. The number of para-hydroxylation sites is 1. The first-order valence-corrected chi connectivity index (χ1v) is 11.5. The summed E-state index contributed by atoms with van der Waals surface area (Å²) < 4.78 is 5.68. The second-order valence-corrected chi connectivity index (χ2v) is 8.00. The number of nitrogens with zero attached hydrogens (tertiary/aromatic N) is 1. The van der Waals surface area contributed by atoms with Gasteiger partial charge in [0.25, 0.3) is 11.8 Å². The Bertz CT molecular complexity index is 1190. The fourth-order valence-corrected chi connectivity index (χ4v) is 3.76. The highest BCUT2D eigenvalue weighted by Gasteiger charge is 2.14. The van der Waals surface area contributed by atoms with Crippen LogP contribution in [0.3, 0.4) is 0 Å². The molecule has 1 aromatic heterocycles. The Balaban J connectivity index is 1.34. The third-order valence-electron chi connectivity index (χ3n) is 4.95. The molecular weight excluding hydrogens is 434 g/mol. The summed E-state index contributed by atoms with van der Waals surface area (Å²) >= 11 is 1.52. The van der Waals surface area contributed by atoms with Crippen LogP contribution in [0.4, 0.5) is 5.69 Å². The molecule has 6 nitrogen and oxygen atoms in total. The van der Waals surface area contributed by atoms with E-state index in [2.05, 4.69) is 15.6 Å². The summed E-state index contributed by atoms with van der Waals surface area (Å²) in [7, 11) is 0. The zero-order valence-electron chi connectivity index (χ0n) is 17.9. The van der Waals surface area contributed by atoms with E-state index in [0.717, 1.165) is 17.7 Å². The van der Waals surface area contributed by atoms with Gasteiger partial charge in [-0.3, -0.25) is 9.59 Å². The van der Waals surface area contributed by atoms with E-state index in [4.69, 9.17) is 4.74 Å². The molecule has 0 aliphatic heterocycles. The Morgan fingerprint density at radius 3 is 2.39 bits per heavy atom. The molecule has 0 radical (unpaired) electrons. The lowest BCUT2D eigenvalue weighted by molar-refractivity contribution is 0.0955. The number of nitrogens with one attached hydrogen (secondary N) is 2. The van der Waals surface area contributed by atoms with Gasteiger partial charge in [0.2, 0.25) is 0 Å². The Morgan fingerprint density at radius 2 is 1.64 bits per heavy atom. The van der Waals surface area contributed by atoms with Crippen molar-refractivity contribution >= 4 is 28.8 Å². The number of rotatable bonds is 9. The molecule has 0 spiro atoms. The SMILES string of the molecule is O=C(Nc1ccccc1C(=O)NCCc1ccccc1)c1ccc(OCc2cscn2)cc1. The van der Waals surface area contributed by atoms with Gasteiger partial charge in [0.05, 0.1) is 22.5 Å². The molecule has 2 amide bonds. The number of hydrogen-bond acceptors (Lipinski definition) is 5. The number of aromatic nitrogens is 1. The maximum Gasteiger partial charge on any atom is 0.255 e. The molecule has 33 heavy (non-hydrogen) atoms. The fraction of sp³-hybridized carbons (Fsp3) is 0.115. The second kappa shape index (κ2) is 11.1. The van der Waals surface area contributed by atoms with Crippen LogP contribution in [-0.2, 0) is 13.0 Å². The summed E-state index contributed by atoms with van der Waals surface area (Å²) in [6, 6.07) is 23.8. The van der Waals surface area contributed by atoms with Gasteiger partial charge < -0.3 is 15.4 Å². The zero-order chi connectivity index (χ0) is 22.9. The van der Waals surface area contributed by atoms with Gasteiger partial charge in [-0.05, 0) is 48.4 Å². The summed E-state index contributed by atoms with van der Waals surface area (Å²) in [5.74, 6) is 0.121. The first kappa shape index (κ1) is 22.2. The number of carbonyl (C=O) groups is 2. The average molecular weight is 458 g/mol. The van der Waals surface area contributed by atoms with Crippen molar-refractivity contribution in [3.63, 3.8) is 0 Å². The number of benzene rings is 3. The Labute approximate surface area is 196 Å². The number of ether oxygens (including phenoxy) is 1. The molecule has 3 aromatic carbocycles. The van der Waals surface area contributed by atoms with E-state index < -0.39 is 0 Å². The van der Waals surface area contributed by atoms with E-state index in [1.54, 1.807) is 54.0 Å². The van der Waals surface area contributed by atoms with Gasteiger partial charge in [-0.2, -0.15) is 0 Å². The van der Waals surface area contributed by atoms with Crippen molar-refractivity contribution in [1.29, 1.82) is 0 Å². The second-order valence-electron chi connectivity index (χ2n) is 7.28. The van der Waals surface area contributed by atoms with Crippen LogP contribution in [0, 0.1) is 0 Å². The maximum atomic E-state index is 12.8. The maximum absolute atomic E-state index is 12.8. The monoisotopic (exact) mass is 457 g/mol. The zero-order valence-corrected chi connectivity index (χ0v) is 18.7. The smallest absolute Gasteiger partial charge is 0.255 e. The van der Waals surface area contributed by atoms with Gasteiger partial charge in [0, 0.05) is 17.5 Å². The summed E-state index contributed by atoms with van der Waals surface area (Å²) in [5, 5.41) is 7.69. The highest BCUT2D eigenvalue weighted by molar-refractivity contribution is 7.07. The fourth-order valence-electron chi connectivity index (χ4n) is 3.21. The molecular formula is C26H23N3O3S. The summed E-state index contributed by atoms with van der Waals surface area (Å²) in [5.41, 5.74) is 5.12. The first-order valence-electron chi connectivity index (χ1n) is 10.5. The molecule has 0 bridgehead atoms. The number of hydrogen-bond donors (Lipinski definition) is 2. The average Bonchev–Trinajstić information content (AvgIpc) is 3.38. The number of carbonyl (C=O) groups excluding carboxylic acids is 2. The van der Waals surface area contributed by atoms with Gasteiger partial charge in [0.15, 0.2) is 0 Å². The van der Waals surface area contributed by atoms with Crippen molar-refractivity contribution in [2.24, 2.45) is 0 Å². The minimum Gasteiger partial charge on any atom is -0.487 e. The van der Waals surface area contributed by atoms with E-state index in [1.807, 2.05) is 35.7 Å². The Kier molecular flexibility index (Phi) is 7.45. The molecule has 0 aliphatic rings. The van der Waals surface area contributed by atoms with E-state index in [0.29, 0.717) is 35.7 Å². The lowest BCUT2D eigenvalue weighted by atomic mass is 10.1. The molecule has 0 saturated carbocycles. The van der Waals surface area contributed by atoms with Crippen molar-refractivity contribution in [3.05, 3.63) is 112 Å². The van der Waals surface area contributed by atoms with E-state index in [9.17, 15) is 9.59 Å². The van der Waals surface area contributed by atoms with Crippen molar-refractivity contribution in [3.8, 4) is 5.75 Å². The third kappa shape index (κ3) is 6.27. The molecule has 4 aromatic rings. The lowest BCUT2D eigenvalue weighted by Crippen LogP contribution is -2.27. The van der Waals surface area contributed by atoms with Crippen molar-refractivity contribution < 1.29 is 14.3 Å². The summed E-state index contributed by atoms with van der Waals surface area (Å²) in [6.07, 6.45) is 0.734. The third-order valence-corrected chi connectivity index (χ3v) is 5.58. The lowest BCUT2D eigenvalue weighted by Gasteiger charge is -2.12. The van der Waals surface area contributed by atoms with Crippen LogP contribution >= 0.6 is 11.3 Å². The van der Waals surface area contributed by atoms with Crippen molar-refractivity contribution in [2.45, 2.75) is 13.0 Å². The largest absolute Gasteiger partial charge is 0.487 e. The highest BCUT2D eigenvalue weighted by Crippen LogP contribution is 2.18. The molecule has 0 saturated heterocycles. The van der Waals surface area contributed by atoms with Crippen LogP contribution in [0.15, 0.2) is 89.8 Å². The molecule has 0 aliphatic carbocycles. The number of anilines is 1. The van der Waals surface area contributed by atoms with E-state index in [-0.39, 0.29) is 11.8 Å². The summed E-state index contributed by atoms with van der Waals surface area (Å²) in [4.78, 5) is 29.6. The van der Waals surface area contributed by atoms with Gasteiger partial charge in [-0.1, -0.05) is 42.5 Å². The highest BCUT2D eigenvalue weighted by atomic mass is 32.1. The first-order chi connectivity index (χ1) is 16.2. The van der Waals surface area contributed by atoms with Crippen LogP contribution in [0.5, 0.6) is 5.75 Å². The standard InChI is InChI=1S/C26H23N3O3S/c30-25(20-10-12-22(13-11-20)32-16-21-17-33-18-28-21)29-24-9-5-4-8-23(24)26(31)27-15-14-19-6-2-1-3-7-19/h1-13,17-18H,14-16H2,(H,27,31)(H,29,30). The molecule has 2 N–H and O–H groups in total. The van der Waals surface area contributed by atoms with Crippen LogP contribution in [0.25, 0.3) is 0 Å². The van der Waals surface area contributed by atoms with Crippen molar-refractivity contribution in [1.82, 2.24) is 10.3 Å². The molecule has 7 heteroatoms. The summed E-state index contributed by atoms with van der Waals surface area (Å²) in [6.45, 7) is 0.884. The van der Waals surface area contributed by atoms with Gasteiger partial charge in [0.1, 0.15) is 12.4 Å². The van der Waals surface area contributed by atoms with Gasteiger partial charge in [-0.25, -0.2) is 4.98 Å². The quantitative estimate of drug-likeness (QED) is 0.373. The molecule has 0 atom stereocenters. The van der Waals surface area contributed by atoms with Gasteiger partial charge >= 0.3 is 0 Å². The van der Waals surface area contributed by atoms with Crippen LogP contribution < -0.4 is 15.4 Å². The Morgan fingerprint density at radius 1 is 0.879 bits per heavy atom. The topological polar surface area (TPSA) is 80.3 Å². The van der Waals surface area contributed by atoms with Crippen LogP contribution in [0.2, 0.25) is 0 Å². The molecule has 0 unspecified atom stereocenters. The number of thiazole rings is 1. The normalized spacial score (nSPS) is 10.4. The van der Waals surface area contributed by atoms with Crippen molar-refractivity contribution in [2.75, 3.05) is 11.9 Å². The van der Waals surface area contributed by atoms with E-state index in [1.165, 1.54) is 11.3 Å². The Hall–Kier alpha value is -3.97. The molecule has 166 valence electrons. The molecule has 4 rings (SSSR count). The minimum absolute atomic E-state index is 0.229. The predicted molar refractivity (Wildman–Crippen MR) is 130 cm³/mol. The van der Waals surface area contributed by atoms with Crippen LogP contribution in [0.1, 0.15) is 32.0 Å². The molecule has 1 heterocycles.